The maximum Gasteiger partial charge on any atom is 0.0613 e. The van der Waals surface area contributed by atoms with Gasteiger partial charge in [-0.1, -0.05) is 150 Å². The monoisotopic (exact) mass is 686 g/mol. The normalized spacial score (nSPS) is 15.9. The molecular weight excluding hydrogens is 664 g/mol. The van der Waals surface area contributed by atoms with Crippen LogP contribution in [-0.2, 0) is 0 Å². The summed E-state index contributed by atoms with van der Waals surface area (Å²) in [5.74, 6) is 0. The second kappa shape index (κ2) is 11.0. The molecule has 0 nitrogen and oxygen atoms in total. The Morgan fingerprint density at radius 2 is 0.818 bits per heavy atom. The summed E-state index contributed by atoms with van der Waals surface area (Å²) in [7, 11) is -1.30. The van der Waals surface area contributed by atoms with Crippen LogP contribution in [0.2, 0.25) is 0 Å². The van der Waals surface area contributed by atoms with E-state index in [1.807, 2.05) is 0 Å². The lowest BCUT2D eigenvalue weighted by Gasteiger charge is -2.28. The molecule has 0 bridgehead atoms. The highest BCUT2D eigenvalue weighted by Gasteiger charge is 2.35. The van der Waals surface area contributed by atoms with E-state index in [-0.39, 0.29) is 0 Å². The van der Waals surface area contributed by atoms with Gasteiger partial charge in [-0.05, 0) is 65.0 Å². The van der Waals surface area contributed by atoms with Gasteiger partial charge in [0.05, 0.1) is 3.92 Å². The van der Waals surface area contributed by atoms with Crippen LogP contribution in [0.5, 0.6) is 0 Å². The molecule has 1 aliphatic carbocycles. The molecule has 4 aromatic carbocycles. The largest absolute Gasteiger partial charge is 0.0723 e. The molecule has 0 heterocycles. The second-order valence-corrected chi connectivity index (χ2v) is 14.5. The molecule has 0 aromatic heterocycles. The van der Waals surface area contributed by atoms with Crippen LogP contribution in [-0.4, -0.2) is 3.92 Å². The van der Waals surface area contributed by atoms with Gasteiger partial charge in [0.25, 0.3) is 0 Å². The predicted molar refractivity (Wildman–Crippen MR) is 165 cm³/mol. The summed E-state index contributed by atoms with van der Waals surface area (Å²) in [6.45, 7) is 0. The van der Waals surface area contributed by atoms with E-state index in [2.05, 4.69) is 173 Å². The number of hydrogen-bond acceptors (Lipinski definition) is 0. The molecule has 0 N–H and O–H groups in total. The van der Waals surface area contributed by atoms with Crippen molar-refractivity contribution >= 4 is 82.2 Å². The summed E-state index contributed by atoms with van der Waals surface area (Å²) in [4.78, 5) is 0. The highest BCUT2D eigenvalue weighted by atomic mass is 127. The molecular formula is C29H22I2P2. The molecule has 0 spiro atoms. The Bertz CT molecular complexity index is 1190. The standard InChI is InChI=1S/C29H22I2P2/c30-26-21-27(32(22-13-5-1-6-14-22)23-15-7-2-8-16-23)29(28(26)31)33(24-17-9-3-10-18-24)25-19-11-4-12-20-25/h1-21,26H. The summed E-state index contributed by atoms with van der Waals surface area (Å²) in [5.41, 5.74) is 0. The van der Waals surface area contributed by atoms with E-state index in [1.165, 1.54) is 30.1 Å². The average molecular weight is 686 g/mol. The van der Waals surface area contributed by atoms with Gasteiger partial charge < -0.3 is 0 Å². The van der Waals surface area contributed by atoms with E-state index in [0.717, 1.165) is 0 Å². The van der Waals surface area contributed by atoms with Crippen LogP contribution >= 0.6 is 61.0 Å². The van der Waals surface area contributed by atoms with Crippen molar-refractivity contribution in [2.45, 2.75) is 3.92 Å². The molecule has 0 fully saturated rings. The van der Waals surface area contributed by atoms with Crippen molar-refractivity contribution in [1.29, 1.82) is 0 Å². The Hall–Kier alpha value is -1.32. The molecule has 0 amide bonds. The molecule has 0 saturated heterocycles. The number of benzene rings is 4. The third-order valence-corrected chi connectivity index (χ3v) is 14.6. The zero-order valence-corrected chi connectivity index (χ0v) is 24.0. The summed E-state index contributed by atoms with van der Waals surface area (Å²) in [6, 6.07) is 44.3. The predicted octanol–water partition coefficient (Wildman–Crippen LogP) is 7.60. The van der Waals surface area contributed by atoms with E-state index in [4.69, 9.17) is 0 Å². The van der Waals surface area contributed by atoms with Crippen molar-refractivity contribution < 1.29 is 0 Å². The first-order valence-electron chi connectivity index (χ1n) is 10.8. The minimum Gasteiger partial charge on any atom is -0.0723 e. The summed E-state index contributed by atoms with van der Waals surface area (Å²) in [5, 5.41) is 8.71. The number of halogens is 2. The molecule has 33 heavy (non-hydrogen) atoms. The molecule has 4 heteroatoms. The minimum atomic E-state index is -0.655. The quantitative estimate of drug-likeness (QED) is 0.111. The van der Waals surface area contributed by atoms with Crippen molar-refractivity contribution in [1.82, 2.24) is 0 Å². The Morgan fingerprint density at radius 1 is 0.485 bits per heavy atom. The Morgan fingerprint density at radius 3 is 1.18 bits per heavy atom. The average Bonchev–Trinajstić information content (AvgIpc) is 3.16. The van der Waals surface area contributed by atoms with E-state index < -0.39 is 15.8 Å². The van der Waals surface area contributed by atoms with Crippen LogP contribution in [0.4, 0.5) is 0 Å². The summed E-state index contributed by atoms with van der Waals surface area (Å²) in [6.07, 6.45) is 2.53. The van der Waals surface area contributed by atoms with Gasteiger partial charge in [0, 0.05) is 8.89 Å². The van der Waals surface area contributed by atoms with Crippen molar-refractivity contribution in [3.05, 3.63) is 142 Å². The van der Waals surface area contributed by atoms with Gasteiger partial charge in [0.15, 0.2) is 0 Å². The first-order valence-corrected chi connectivity index (χ1v) is 15.8. The fraction of sp³-hybridized carbons (Fsp3) is 0.0345. The van der Waals surface area contributed by atoms with E-state index in [1.54, 1.807) is 5.31 Å². The molecule has 1 aliphatic rings. The van der Waals surface area contributed by atoms with Crippen molar-refractivity contribution in [2.24, 2.45) is 0 Å². The van der Waals surface area contributed by atoms with Crippen LogP contribution in [0.3, 0.4) is 0 Å². The Balaban J connectivity index is 1.72. The van der Waals surface area contributed by atoms with Gasteiger partial charge in [-0.3, -0.25) is 0 Å². The summed E-state index contributed by atoms with van der Waals surface area (Å²) >= 11 is 5.23. The van der Waals surface area contributed by atoms with Gasteiger partial charge in [0.2, 0.25) is 0 Å². The van der Waals surface area contributed by atoms with Gasteiger partial charge >= 0.3 is 0 Å². The highest BCUT2D eigenvalue weighted by molar-refractivity contribution is 14.1. The number of hydrogen-bond donors (Lipinski definition) is 0. The van der Waals surface area contributed by atoms with Crippen LogP contribution in [0, 0.1) is 0 Å². The van der Waals surface area contributed by atoms with Gasteiger partial charge in [-0.15, -0.1) is 0 Å². The van der Waals surface area contributed by atoms with E-state index in [0.29, 0.717) is 3.92 Å². The van der Waals surface area contributed by atoms with Crippen LogP contribution < -0.4 is 21.2 Å². The molecule has 1 atom stereocenters. The fourth-order valence-corrected chi connectivity index (χ4v) is 12.1. The fourth-order valence-electron chi connectivity index (χ4n) is 4.09. The zero-order valence-electron chi connectivity index (χ0n) is 17.9. The lowest BCUT2D eigenvalue weighted by atomic mass is 10.4. The van der Waals surface area contributed by atoms with E-state index >= 15 is 0 Å². The molecule has 5 rings (SSSR count). The lowest BCUT2D eigenvalue weighted by molar-refractivity contribution is 1.52. The maximum atomic E-state index is 2.62. The number of rotatable bonds is 6. The van der Waals surface area contributed by atoms with Crippen molar-refractivity contribution in [3.8, 4) is 0 Å². The van der Waals surface area contributed by atoms with Gasteiger partial charge in [-0.25, -0.2) is 0 Å². The molecule has 0 saturated carbocycles. The molecule has 0 aliphatic heterocycles. The van der Waals surface area contributed by atoms with E-state index in [9.17, 15) is 0 Å². The van der Waals surface area contributed by atoms with Crippen molar-refractivity contribution in [3.63, 3.8) is 0 Å². The zero-order chi connectivity index (χ0) is 22.6. The second-order valence-electron chi connectivity index (χ2n) is 7.66. The SMILES string of the molecule is IC1=C(P(c2ccccc2)c2ccccc2)C(P(c2ccccc2)c2ccccc2)=CC1I. The molecule has 162 valence electrons. The van der Waals surface area contributed by atoms with Crippen LogP contribution in [0.25, 0.3) is 0 Å². The molecule has 4 aromatic rings. The first-order chi connectivity index (χ1) is 16.2. The topological polar surface area (TPSA) is 0 Å². The van der Waals surface area contributed by atoms with Gasteiger partial charge in [0.1, 0.15) is 0 Å². The Labute approximate surface area is 226 Å². The first kappa shape index (κ1) is 23.4. The third-order valence-electron chi connectivity index (χ3n) is 5.54. The van der Waals surface area contributed by atoms with Crippen LogP contribution in [0.1, 0.15) is 0 Å². The smallest absolute Gasteiger partial charge is 0.0613 e. The van der Waals surface area contributed by atoms with Gasteiger partial charge in [-0.2, -0.15) is 0 Å². The highest BCUT2D eigenvalue weighted by Crippen LogP contribution is 2.62. The minimum absolute atomic E-state index is 0.406. The molecule has 1 unspecified atom stereocenters. The number of allylic oxidation sites excluding steroid dienone is 4. The Kier molecular flexibility index (Phi) is 7.77. The number of alkyl halides is 1. The lowest BCUT2D eigenvalue weighted by Crippen LogP contribution is -2.17. The molecule has 0 radical (unpaired) electrons. The maximum absolute atomic E-state index is 2.62. The third kappa shape index (κ3) is 5.05. The van der Waals surface area contributed by atoms with Crippen molar-refractivity contribution in [2.75, 3.05) is 0 Å². The summed E-state index contributed by atoms with van der Waals surface area (Å²) < 4.78 is 1.88. The van der Waals surface area contributed by atoms with Crippen LogP contribution in [0.15, 0.2) is 142 Å².